The number of carbonyl (C=O) groups is 1. The van der Waals surface area contributed by atoms with Crippen molar-refractivity contribution in [2.24, 2.45) is 0 Å². The van der Waals surface area contributed by atoms with E-state index in [1.165, 1.54) is 7.11 Å². The molecule has 0 aliphatic heterocycles. The van der Waals surface area contributed by atoms with Crippen LogP contribution >= 0.6 is 0 Å². The topological polar surface area (TPSA) is 61.8 Å². The highest BCUT2D eigenvalue weighted by Gasteiger charge is 2.21. The molecule has 0 saturated heterocycles. The molecule has 0 radical (unpaired) electrons. The molecule has 0 bridgehead atoms. The minimum absolute atomic E-state index is 0.218. The van der Waals surface area contributed by atoms with Crippen molar-refractivity contribution in [3.05, 3.63) is 0 Å². The second-order valence-corrected chi connectivity index (χ2v) is 2.89. The van der Waals surface area contributed by atoms with Gasteiger partial charge in [0.15, 0.2) is 0 Å². The molecule has 0 aromatic carbocycles. The van der Waals surface area contributed by atoms with Crippen LogP contribution in [0, 0.1) is 0 Å². The van der Waals surface area contributed by atoms with Gasteiger partial charge in [-0.05, 0) is 14.1 Å². The molecule has 2 N–H and O–H groups in total. The Labute approximate surface area is 78.7 Å². The standard InChI is InChI=1S/C8H18N2O3/c1-9-4-5-10(2)7(6-13-3)8(11)12/h7,9H,4-6H2,1-3H3,(H,11,12). The Morgan fingerprint density at radius 2 is 2.31 bits per heavy atom. The van der Waals surface area contributed by atoms with Crippen molar-refractivity contribution < 1.29 is 14.6 Å². The quantitative estimate of drug-likeness (QED) is 0.552. The predicted octanol–water partition coefficient (Wildman–Crippen LogP) is -0.763. The van der Waals surface area contributed by atoms with Crippen LogP contribution in [0.5, 0.6) is 0 Å². The van der Waals surface area contributed by atoms with Crippen LogP contribution in [0.3, 0.4) is 0 Å². The number of nitrogens with one attached hydrogen (secondary N) is 1. The van der Waals surface area contributed by atoms with E-state index >= 15 is 0 Å². The zero-order valence-electron chi connectivity index (χ0n) is 8.41. The van der Waals surface area contributed by atoms with Crippen LogP contribution in [0.2, 0.25) is 0 Å². The zero-order valence-corrected chi connectivity index (χ0v) is 8.41. The van der Waals surface area contributed by atoms with Crippen LogP contribution in [0.1, 0.15) is 0 Å². The van der Waals surface area contributed by atoms with Gasteiger partial charge in [0, 0.05) is 20.2 Å². The highest BCUT2D eigenvalue weighted by atomic mass is 16.5. The third-order valence-electron chi connectivity index (χ3n) is 1.86. The number of hydrogen-bond donors (Lipinski definition) is 2. The molecule has 0 aromatic rings. The molecule has 1 unspecified atom stereocenters. The predicted molar refractivity (Wildman–Crippen MR) is 49.9 cm³/mol. The van der Waals surface area contributed by atoms with Gasteiger partial charge < -0.3 is 15.2 Å². The SMILES string of the molecule is CNCCN(C)C(COC)C(=O)O. The lowest BCUT2D eigenvalue weighted by Crippen LogP contribution is -2.44. The van der Waals surface area contributed by atoms with Gasteiger partial charge in [-0.2, -0.15) is 0 Å². The van der Waals surface area contributed by atoms with Gasteiger partial charge in [0.05, 0.1) is 6.61 Å². The van der Waals surface area contributed by atoms with Crippen LogP contribution in [0.4, 0.5) is 0 Å². The average molecular weight is 190 g/mol. The summed E-state index contributed by atoms with van der Waals surface area (Å²) in [5.74, 6) is -0.847. The molecule has 13 heavy (non-hydrogen) atoms. The summed E-state index contributed by atoms with van der Waals surface area (Å²) in [6.07, 6.45) is 0. The summed E-state index contributed by atoms with van der Waals surface area (Å²) in [6, 6.07) is -0.557. The summed E-state index contributed by atoms with van der Waals surface area (Å²) >= 11 is 0. The number of methoxy groups -OCH3 is 1. The molecular weight excluding hydrogens is 172 g/mol. The molecule has 5 nitrogen and oxygen atoms in total. The minimum atomic E-state index is -0.847. The van der Waals surface area contributed by atoms with Gasteiger partial charge in [-0.1, -0.05) is 0 Å². The molecule has 0 amide bonds. The molecule has 1 atom stereocenters. The van der Waals surface area contributed by atoms with E-state index in [2.05, 4.69) is 5.32 Å². The lowest BCUT2D eigenvalue weighted by Gasteiger charge is -2.23. The van der Waals surface area contributed by atoms with Crippen molar-refractivity contribution in [1.82, 2.24) is 10.2 Å². The molecule has 0 aromatic heterocycles. The number of hydrogen-bond acceptors (Lipinski definition) is 4. The van der Waals surface area contributed by atoms with E-state index in [9.17, 15) is 4.79 Å². The van der Waals surface area contributed by atoms with Crippen LogP contribution in [-0.4, -0.2) is 62.9 Å². The Bertz CT molecular complexity index is 152. The van der Waals surface area contributed by atoms with E-state index in [0.717, 1.165) is 6.54 Å². The van der Waals surface area contributed by atoms with E-state index in [4.69, 9.17) is 9.84 Å². The average Bonchev–Trinajstić information content (AvgIpc) is 2.09. The lowest BCUT2D eigenvalue weighted by atomic mass is 10.3. The number of carboxylic acid groups (broad SMARTS) is 1. The first-order chi connectivity index (χ1) is 6.13. The highest BCUT2D eigenvalue weighted by molar-refractivity contribution is 5.73. The first-order valence-corrected chi connectivity index (χ1v) is 4.20. The van der Waals surface area contributed by atoms with E-state index in [1.807, 2.05) is 7.05 Å². The number of carboxylic acids is 1. The van der Waals surface area contributed by atoms with Gasteiger partial charge in [0.1, 0.15) is 6.04 Å². The fourth-order valence-electron chi connectivity index (χ4n) is 0.989. The maximum atomic E-state index is 10.8. The van der Waals surface area contributed by atoms with Gasteiger partial charge in [-0.15, -0.1) is 0 Å². The molecule has 0 rings (SSSR count). The summed E-state index contributed by atoms with van der Waals surface area (Å²) < 4.78 is 4.82. The number of nitrogens with zero attached hydrogens (tertiary/aromatic N) is 1. The van der Waals surface area contributed by atoms with Crippen molar-refractivity contribution in [3.8, 4) is 0 Å². The smallest absolute Gasteiger partial charge is 0.323 e. The monoisotopic (exact) mass is 190 g/mol. The number of rotatable bonds is 7. The molecule has 0 aliphatic carbocycles. The Morgan fingerprint density at radius 3 is 2.69 bits per heavy atom. The number of aliphatic carboxylic acids is 1. The summed E-state index contributed by atoms with van der Waals surface area (Å²) in [5, 5.41) is 11.8. The van der Waals surface area contributed by atoms with E-state index in [1.54, 1.807) is 11.9 Å². The Morgan fingerprint density at radius 1 is 1.69 bits per heavy atom. The fraction of sp³-hybridized carbons (Fsp3) is 0.875. The molecule has 0 fully saturated rings. The summed E-state index contributed by atoms with van der Waals surface area (Å²) in [5.41, 5.74) is 0. The van der Waals surface area contributed by atoms with Crippen molar-refractivity contribution in [2.75, 3.05) is 40.9 Å². The van der Waals surface area contributed by atoms with Crippen molar-refractivity contribution in [2.45, 2.75) is 6.04 Å². The molecule has 0 spiro atoms. The molecular formula is C8H18N2O3. The second kappa shape index (κ2) is 6.82. The zero-order chi connectivity index (χ0) is 10.3. The van der Waals surface area contributed by atoms with E-state index < -0.39 is 12.0 Å². The first-order valence-electron chi connectivity index (χ1n) is 4.20. The van der Waals surface area contributed by atoms with E-state index in [0.29, 0.717) is 6.54 Å². The van der Waals surface area contributed by atoms with Gasteiger partial charge >= 0.3 is 5.97 Å². The Hall–Kier alpha value is -0.650. The normalized spacial score (nSPS) is 13.2. The Kier molecular flexibility index (Phi) is 6.48. The molecule has 0 aliphatic rings. The largest absolute Gasteiger partial charge is 0.480 e. The first kappa shape index (κ1) is 12.3. The fourth-order valence-corrected chi connectivity index (χ4v) is 0.989. The van der Waals surface area contributed by atoms with Gasteiger partial charge in [0.25, 0.3) is 0 Å². The van der Waals surface area contributed by atoms with Crippen molar-refractivity contribution >= 4 is 5.97 Å². The third-order valence-corrected chi connectivity index (χ3v) is 1.86. The molecule has 78 valence electrons. The molecule has 0 saturated carbocycles. The molecule has 0 heterocycles. The van der Waals surface area contributed by atoms with Gasteiger partial charge in [-0.3, -0.25) is 9.69 Å². The second-order valence-electron chi connectivity index (χ2n) is 2.89. The maximum absolute atomic E-state index is 10.8. The van der Waals surface area contributed by atoms with Crippen molar-refractivity contribution in [3.63, 3.8) is 0 Å². The van der Waals surface area contributed by atoms with E-state index in [-0.39, 0.29) is 6.61 Å². The summed E-state index contributed by atoms with van der Waals surface area (Å²) in [7, 11) is 5.11. The van der Waals surface area contributed by atoms with Crippen LogP contribution in [0.15, 0.2) is 0 Å². The summed E-state index contributed by atoms with van der Waals surface area (Å²) in [6.45, 7) is 1.68. The third kappa shape index (κ3) is 4.82. The van der Waals surface area contributed by atoms with Crippen molar-refractivity contribution in [1.29, 1.82) is 0 Å². The van der Waals surface area contributed by atoms with Crippen LogP contribution in [0.25, 0.3) is 0 Å². The number of likely N-dealkylation sites (N-methyl/N-ethyl adjacent to an activating group) is 2. The number of ether oxygens (including phenoxy) is 1. The maximum Gasteiger partial charge on any atom is 0.323 e. The van der Waals surface area contributed by atoms with Gasteiger partial charge in [-0.25, -0.2) is 0 Å². The Balaban J connectivity index is 3.95. The molecule has 5 heteroatoms. The van der Waals surface area contributed by atoms with Gasteiger partial charge in [0.2, 0.25) is 0 Å². The lowest BCUT2D eigenvalue weighted by molar-refractivity contribution is -0.144. The highest BCUT2D eigenvalue weighted by Crippen LogP contribution is 1.96. The minimum Gasteiger partial charge on any atom is -0.480 e. The van der Waals surface area contributed by atoms with Crippen LogP contribution in [-0.2, 0) is 9.53 Å². The van der Waals surface area contributed by atoms with Crippen LogP contribution < -0.4 is 5.32 Å². The summed E-state index contributed by atoms with van der Waals surface area (Å²) in [4.78, 5) is 12.5.